The quantitative estimate of drug-likeness (QED) is 0.663. The molecule has 1 saturated heterocycles. The molecule has 0 bridgehead atoms. The third-order valence-corrected chi connectivity index (χ3v) is 2.61. The molecule has 1 heterocycles. The lowest BCUT2D eigenvalue weighted by atomic mass is 10.1. The Morgan fingerprint density at radius 2 is 1.89 bits per heavy atom. The zero-order chi connectivity index (χ0) is 14.1. The van der Waals surface area contributed by atoms with Gasteiger partial charge in [0.05, 0.1) is 7.11 Å². The third kappa shape index (κ3) is 3.00. The number of esters is 1. The van der Waals surface area contributed by atoms with Crippen molar-refractivity contribution in [2.45, 2.75) is 45.8 Å². The molecule has 0 saturated carbocycles. The molecule has 102 valence electrons. The zero-order valence-corrected chi connectivity index (χ0v) is 11.4. The van der Waals surface area contributed by atoms with Gasteiger partial charge in [-0.1, -0.05) is 6.92 Å². The monoisotopic (exact) mass is 257 g/mol. The molecule has 0 spiro atoms. The van der Waals surface area contributed by atoms with E-state index in [1.54, 1.807) is 27.7 Å². The van der Waals surface area contributed by atoms with E-state index in [9.17, 15) is 14.4 Å². The van der Waals surface area contributed by atoms with Gasteiger partial charge in [0.1, 0.15) is 11.6 Å². The minimum atomic E-state index is -0.882. The van der Waals surface area contributed by atoms with Gasteiger partial charge in [-0.2, -0.15) is 0 Å². The van der Waals surface area contributed by atoms with Gasteiger partial charge in [-0.05, 0) is 27.2 Å². The average Bonchev–Trinajstić information content (AvgIpc) is 2.52. The van der Waals surface area contributed by atoms with Crippen molar-refractivity contribution in [2.24, 2.45) is 5.92 Å². The van der Waals surface area contributed by atoms with E-state index in [1.165, 1.54) is 7.11 Å². The second-order valence-corrected chi connectivity index (χ2v) is 5.36. The summed E-state index contributed by atoms with van der Waals surface area (Å²) >= 11 is 0. The Bertz CT molecular complexity index is 371. The van der Waals surface area contributed by atoms with Crippen LogP contribution in [0.2, 0.25) is 0 Å². The van der Waals surface area contributed by atoms with Crippen LogP contribution in [0.15, 0.2) is 0 Å². The van der Waals surface area contributed by atoms with Gasteiger partial charge >= 0.3 is 12.1 Å². The van der Waals surface area contributed by atoms with Crippen LogP contribution in [0.4, 0.5) is 4.79 Å². The molecule has 6 heteroatoms. The number of imide groups is 1. The number of carbonyl (C=O) groups excluding carboxylic acids is 3. The van der Waals surface area contributed by atoms with Crippen molar-refractivity contribution in [1.82, 2.24) is 4.90 Å². The maximum Gasteiger partial charge on any atom is 0.417 e. The van der Waals surface area contributed by atoms with Gasteiger partial charge in [0.15, 0.2) is 0 Å². The first kappa shape index (κ1) is 14.5. The summed E-state index contributed by atoms with van der Waals surface area (Å²) in [4.78, 5) is 36.2. The summed E-state index contributed by atoms with van der Waals surface area (Å²) in [5.74, 6) is -1.39. The summed E-state index contributed by atoms with van der Waals surface area (Å²) in [5, 5.41) is 0. The van der Waals surface area contributed by atoms with Crippen molar-refractivity contribution in [3.8, 4) is 0 Å². The van der Waals surface area contributed by atoms with Gasteiger partial charge in [0, 0.05) is 5.92 Å². The van der Waals surface area contributed by atoms with E-state index in [1.807, 2.05) is 0 Å². The van der Waals surface area contributed by atoms with Crippen LogP contribution in [-0.4, -0.2) is 41.6 Å². The highest BCUT2D eigenvalue weighted by atomic mass is 16.6. The molecule has 0 aliphatic carbocycles. The molecule has 1 unspecified atom stereocenters. The Morgan fingerprint density at radius 1 is 1.33 bits per heavy atom. The molecule has 0 N–H and O–H groups in total. The number of hydrogen-bond acceptors (Lipinski definition) is 5. The zero-order valence-electron chi connectivity index (χ0n) is 11.4. The molecule has 6 nitrogen and oxygen atoms in total. The van der Waals surface area contributed by atoms with E-state index >= 15 is 0 Å². The molecule has 18 heavy (non-hydrogen) atoms. The Hall–Kier alpha value is -1.59. The van der Waals surface area contributed by atoms with Gasteiger partial charge in [-0.3, -0.25) is 4.79 Å². The van der Waals surface area contributed by atoms with Crippen molar-refractivity contribution < 1.29 is 23.9 Å². The topological polar surface area (TPSA) is 72.9 Å². The molecular formula is C12H19NO5. The molecule has 0 radical (unpaired) electrons. The van der Waals surface area contributed by atoms with Gasteiger partial charge < -0.3 is 9.47 Å². The predicted molar refractivity (Wildman–Crippen MR) is 62.7 cm³/mol. The van der Waals surface area contributed by atoms with E-state index in [2.05, 4.69) is 4.74 Å². The van der Waals surface area contributed by atoms with Crippen LogP contribution in [-0.2, 0) is 19.1 Å². The van der Waals surface area contributed by atoms with Gasteiger partial charge in [0.2, 0.25) is 5.91 Å². The Labute approximate surface area is 106 Å². The van der Waals surface area contributed by atoms with Crippen LogP contribution in [0, 0.1) is 5.92 Å². The molecule has 2 atom stereocenters. The Morgan fingerprint density at radius 3 is 2.33 bits per heavy atom. The number of likely N-dealkylation sites (tertiary alicyclic amines) is 1. The number of ether oxygens (including phenoxy) is 2. The number of amides is 2. The lowest BCUT2D eigenvalue weighted by Gasteiger charge is -2.26. The molecule has 0 aromatic rings. The minimum absolute atomic E-state index is 0.269. The number of carbonyl (C=O) groups is 3. The van der Waals surface area contributed by atoms with Crippen LogP contribution >= 0.6 is 0 Å². The first-order valence-corrected chi connectivity index (χ1v) is 5.81. The average molecular weight is 257 g/mol. The smallest absolute Gasteiger partial charge is 0.417 e. The van der Waals surface area contributed by atoms with Crippen LogP contribution in [0.3, 0.4) is 0 Å². The summed E-state index contributed by atoms with van der Waals surface area (Å²) in [6.45, 7) is 6.76. The van der Waals surface area contributed by atoms with Gasteiger partial charge in [-0.15, -0.1) is 0 Å². The second kappa shape index (κ2) is 4.96. The summed E-state index contributed by atoms with van der Waals surface area (Å²) < 4.78 is 9.72. The fourth-order valence-electron chi connectivity index (χ4n) is 1.80. The van der Waals surface area contributed by atoms with E-state index in [-0.39, 0.29) is 12.3 Å². The second-order valence-electron chi connectivity index (χ2n) is 5.36. The van der Waals surface area contributed by atoms with Gasteiger partial charge in [0.25, 0.3) is 0 Å². The number of rotatable bonds is 1. The van der Waals surface area contributed by atoms with Gasteiger partial charge in [-0.25, -0.2) is 14.5 Å². The largest absolute Gasteiger partial charge is 0.467 e. The first-order valence-electron chi connectivity index (χ1n) is 5.81. The molecular weight excluding hydrogens is 238 g/mol. The van der Waals surface area contributed by atoms with Crippen molar-refractivity contribution in [3.63, 3.8) is 0 Å². The first-order chi connectivity index (χ1) is 8.17. The number of methoxy groups -OCH3 is 1. The van der Waals surface area contributed by atoms with Crippen molar-refractivity contribution in [3.05, 3.63) is 0 Å². The molecule has 1 aliphatic rings. The van der Waals surface area contributed by atoms with Crippen molar-refractivity contribution in [1.29, 1.82) is 0 Å². The van der Waals surface area contributed by atoms with Crippen LogP contribution < -0.4 is 0 Å². The summed E-state index contributed by atoms with van der Waals surface area (Å²) in [6, 6.07) is -0.882. The lowest BCUT2D eigenvalue weighted by Crippen LogP contribution is -2.46. The maximum absolute atomic E-state index is 11.9. The molecule has 1 rings (SSSR count). The lowest BCUT2D eigenvalue weighted by molar-refractivity contribution is -0.148. The molecule has 1 fully saturated rings. The highest BCUT2D eigenvalue weighted by molar-refractivity contribution is 6.00. The standard InChI is InChI=1S/C12H19NO5/c1-7-6-8(10(15)17-5)13(9(7)14)11(16)18-12(2,3)4/h7-8H,6H2,1-5H3/t7-,8?/m1/s1. The van der Waals surface area contributed by atoms with Crippen molar-refractivity contribution in [2.75, 3.05) is 7.11 Å². The number of hydrogen-bond donors (Lipinski definition) is 0. The van der Waals surface area contributed by atoms with E-state index in [4.69, 9.17) is 4.74 Å². The highest BCUT2D eigenvalue weighted by Gasteiger charge is 2.46. The molecule has 2 amide bonds. The van der Waals surface area contributed by atoms with Crippen LogP contribution in [0.25, 0.3) is 0 Å². The molecule has 0 aromatic carbocycles. The molecule has 0 aromatic heterocycles. The summed E-state index contributed by atoms with van der Waals surface area (Å²) in [7, 11) is 1.23. The SMILES string of the molecule is COC(=O)C1C[C@@H](C)C(=O)N1C(=O)OC(C)(C)C. The predicted octanol–water partition coefficient (Wildman–Crippen LogP) is 1.33. The highest BCUT2D eigenvalue weighted by Crippen LogP contribution is 2.27. The van der Waals surface area contributed by atoms with Crippen molar-refractivity contribution >= 4 is 18.0 Å². The fourth-order valence-corrected chi connectivity index (χ4v) is 1.80. The maximum atomic E-state index is 11.9. The fraction of sp³-hybridized carbons (Fsp3) is 0.750. The molecule has 1 aliphatic heterocycles. The minimum Gasteiger partial charge on any atom is -0.467 e. The van der Waals surface area contributed by atoms with E-state index in [0.29, 0.717) is 0 Å². The van der Waals surface area contributed by atoms with E-state index < -0.39 is 29.6 Å². The van der Waals surface area contributed by atoms with E-state index in [0.717, 1.165) is 4.90 Å². The third-order valence-electron chi connectivity index (χ3n) is 2.61. The summed E-state index contributed by atoms with van der Waals surface area (Å²) in [6.07, 6.45) is -0.530. The Balaban J connectivity index is 2.91. The summed E-state index contributed by atoms with van der Waals surface area (Å²) in [5.41, 5.74) is -0.718. The Kier molecular flexibility index (Phi) is 3.98. The normalized spacial score (nSPS) is 24.1. The van der Waals surface area contributed by atoms with Crippen LogP contribution in [0.1, 0.15) is 34.1 Å². The number of nitrogens with zero attached hydrogens (tertiary/aromatic N) is 1. The van der Waals surface area contributed by atoms with Crippen LogP contribution in [0.5, 0.6) is 0 Å².